The van der Waals surface area contributed by atoms with Gasteiger partial charge in [0.25, 0.3) is 0 Å². The number of carbonyl (C=O) groups is 1. The van der Waals surface area contributed by atoms with Crippen LogP contribution in [0.1, 0.15) is 6.42 Å². The molecule has 0 aliphatic carbocycles. The summed E-state index contributed by atoms with van der Waals surface area (Å²) in [4.78, 5) is 12.5. The van der Waals surface area contributed by atoms with Gasteiger partial charge in [0.05, 0.1) is 11.8 Å². The molecule has 1 radical (unpaired) electrons. The molecular formula is C6H6NOS. The number of amides is 1. The first-order chi connectivity index (χ1) is 4.38. The monoisotopic (exact) mass is 140 g/mol. The Bertz CT molecular complexity index is 178. The molecule has 1 amide bonds. The molecule has 0 aromatic rings. The second kappa shape index (κ2) is 1.77. The van der Waals surface area contributed by atoms with Gasteiger partial charge >= 0.3 is 0 Å². The number of rotatable bonds is 0. The van der Waals surface area contributed by atoms with Crippen molar-refractivity contribution in [2.75, 3.05) is 5.75 Å². The number of carbonyl (C=O) groups excluding carboxylic acids is 1. The maximum absolute atomic E-state index is 10.7. The van der Waals surface area contributed by atoms with E-state index in [0.29, 0.717) is 5.37 Å². The molecule has 2 aliphatic heterocycles. The van der Waals surface area contributed by atoms with E-state index in [9.17, 15) is 4.79 Å². The minimum absolute atomic E-state index is 0.236. The third-order valence-electron chi connectivity index (χ3n) is 1.54. The zero-order valence-electron chi connectivity index (χ0n) is 4.83. The minimum Gasteiger partial charge on any atom is -0.306 e. The van der Waals surface area contributed by atoms with Crippen LogP contribution >= 0.6 is 11.8 Å². The summed E-state index contributed by atoms with van der Waals surface area (Å²) in [6.07, 6.45) is 5.49. The predicted molar refractivity (Wildman–Crippen MR) is 35.5 cm³/mol. The summed E-state index contributed by atoms with van der Waals surface area (Å²) in [6.45, 7) is 0. The van der Waals surface area contributed by atoms with Crippen LogP contribution in [0.3, 0.4) is 0 Å². The van der Waals surface area contributed by atoms with Crippen molar-refractivity contribution in [2.45, 2.75) is 11.8 Å². The van der Waals surface area contributed by atoms with Crippen molar-refractivity contribution in [3.63, 3.8) is 0 Å². The summed E-state index contributed by atoms with van der Waals surface area (Å²) in [5.41, 5.74) is 0. The van der Waals surface area contributed by atoms with Crippen LogP contribution in [0, 0.1) is 6.08 Å². The van der Waals surface area contributed by atoms with Crippen molar-refractivity contribution in [3.8, 4) is 0 Å². The third kappa shape index (κ3) is 0.678. The molecule has 0 N–H and O–H groups in total. The molecule has 2 heterocycles. The summed E-state index contributed by atoms with van der Waals surface area (Å²) < 4.78 is 0. The molecular weight excluding hydrogens is 134 g/mol. The van der Waals surface area contributed by atoms with E-state index in [1.165, 1.54) is 0 Å². The SMILES string of the molecule is O=C1C[C@@H]2SC[C]=CN12. The van der Waals surface area contributed by atoms with Gasteiger partial charge in [0, 0.05) is 12.0 Å². The van der Waals surface area contributed by atoms with Gasteiger partial charge in [0.2, 0.25) is 5.91 Å². The van der Waals surface area contributed by atoms with Gasteiger partial charge in [0.1, 0.15) is 0 Å². The lowest BCUT2D eigenvalue weighted by molar-refractivity contribution is -0.137. The van der Waals surface area contributed by atoms with Crippen molar-refractivity contribution in [1.82, 2.24) is 4.90 Å². The average molecular weight is 140 g/mol. The molecule has 0 unspecified atom stereocenters. The van der Waals surface area contributed by atoms with E-state index in [4.69, 9.17) is 0 Å². The first-order valence-electron chi connectivity index (χ1n) is 2.87. The number of nitrogens with zero attached hydrogens (tertiary/aromatic N) is 1. The minimum atomic E-state index is 0.236. The Labute approximate surface area is 57.9 Å². The second-order valence-electron chi connectivity index (χ2n) is 2.10. The second-order valence-corrected chi connectivity index (χ2v) is 3.27. The largest absolute Gasteiger partial charge is 0.306 e. The Balaban J connectivity index is 2.16. The quantitative estimate of drug-likeness (QED) is 0.459. The topological polar surface area (TPSA) is 20.3 Å². The highest BCUT2D eigenvalue weighted by atomic mass is 32.2. The van der Waals surface area contributed by atoms with Crippen LogP contribution in [-0.4, -0.2) is 21.9 Å². The van der Waals surface area contributed by atoms with E-state index < -0.39 is 0 Å². The smallest absolute Gasteiger partial charge is 0.230 e. The van der Waals surface area contributed by atoms with E-state index in [0.717, 1.165) is 12.2 Å². The van der Waals surface area contributed by atoms with Crippen molar-refractivity contribution >= 4 is 17.7 Å². The van der Waals surface area contributed by atoms with Gasteiger partial charge in [-0.15, -0.1) is 11.8 Å². The zero-order valence-corrected chi connectivity index (χ0v) is 5.65. The van der Waals surface area contributed by atoms with Gasteiger partial charge in [-0.1, -0.05) is 0 Å². The number of fused-ring (bicyclic) bond motifs is 1. The van der Waals surface area contributed by atoms with Gasteiger partial charge in [-0.3, -0.25) is 4.79 Å². The molecule has 0 spiro atoms. The van der Waals surface area contributed by atoms with Crippen LogP contribution in [-0.2, 0) is 4.79 Å². The molecule has 1 atom stereocenters. The van der Waals surface area contributed by atoms with E-state index in [1.54, 1.807) is 22.9 Å². The third-order valence-corrected chi connectivity index (χ3v) is 2.65. The predicted octanol–water partition coefficient (Wildman–Crippen LogP) is 0.608. The first kappa shape index (κ1) is 5.35. The van der Waals surface area contributed by atoms with Crippen LogP contribution < -0.4 is 0 Å². The van der Waals surface area contributed by atoms with Gasteiger partial charge in [-0.05, 0) is 6.08 Å². The molecule has 1 fully saturated rings. The van der Waals surface area contributed by atoms with Crippen LogP contribution in [0.2, 0.25) is 0 Å². The first-order valence-corrected chi connectivity index (χ1v) is 3.92. The van der Waals surface area contributed by atoms with E-state index >= 15 is 0 Å². The lowest BCUT2D eigenvalue weighted by Crippen LogP contribution is -2.48. The molecule has 9 heavy (non-hydrogen) atoms. The maximum atomic E-state index is 10.7. The van der Waals surface area contributed by atoms with E-state index in [-0.39, 0.29) is 5.91 Å². The molecule has 2 aliphatic rings. The lowest BCUT2D eigenvalue weighted by Gasteiger charge is -2.39. The molecule has 0 aromatic heterocycles. The number of hydrogen-bond donors (Lipinski definition) is 0. The van der Waals surface area contributed by atoms with Crippen molar-refractivity contribution in [1.29, 1.82) is 0 Å². The van der Waals surface area contributed by atoms with Gasteiger partial charge in [-0.25, -0.2) is 0 Å². The highest BCUT2D eigenvalue weighted by Crippen LogP contribution is 2.32. The highest BCUT2D eigenvalue weighted by Gasteiger charge is 2.35. The molecule has 1 saturated heterocycles. The standard InChI is InChI=1S/C6H6NOS/c8-5-4-6-7(5)2-1-3-9-6/h2,6H,3-4H2/t6-/m0/s1. The summed E-state index contributed by atoms with van der Waals surface area (Å²) in [6, 6.07) is 0. The van der Waals surface area contributed by atoms with E-state index in [2.05, 4.69) is 6.08 Å². The lowest BCUT2D eigenvalue weighted by atomic mass is 10.2. The van der Waals surface area contributed by atoms with Gasteiger partial charge in [0.15, 0.2) is 0 Å². The Morgan fingerprint density at radius 1 is 1.89 bits per heavy atom. The van der Waals surface area contributed by atoms with Crippen molar-refractivity contribution < 1.29 is 4.79 Å². The summed E-state index contributed by atoms with van der Waals surface area (Å²) >= 11 is 1.78. The normalized spacial score (nSPS) is 31.8. The highest BCUT2D eigenvalue weighted by molar-refractivity contribution is 8.00. The average Bonchev–Trinajstić information content (AvgIpc) is 1.86. The van der Waals surface area contributed by atoms with Crippen molar-refractivity contribution in [3.05, 3.63) is 12.3 Å². The Hall–Kier alpha value is -0.440. The maximum Gasteiger partial charge on any atom is 0.230 e. The Kier molecular flexibility index (Phi) is 1.05. The molecule has 2 nitrogen and oxygen atoms in total. The zero-order chi connectivity index (χ0) is 6.27. The molecule has 0 saturated carbocycles. The fourth-order valence-electron chi connectivity index (χ4n) is 0.976. The molecule has 47 valence electrons. The van der Waals surface area contributed by atoms with Crippen LogP contribution in [0.25, 0.3) is 0 Å². The number of thioether (sulfide) groups is 1. The summed E-state index contributed by atoms with van der Waals surface area (Å²) in [5, 5.41) is 0.443. The van der Waals surface area contributed by atoms with Crippen LogP contribution in [0.5, 0.6) is 0 Å². The fourth-order valence-corrected chi connectivity index (χ4v) is 1.94. The van der Waals surface area contributed by atoms with E-state index in [1.807, 2.05) is 0 Å². The molecule has 0 bridgehead atoms. The van der Waals surface area contributed by atoms with Gasteiger partial charge < -0.3 is 4.90 Å². The van der Waals surface area contributed by atoms with Crippen LogP contribution in [0.15, 0.2) is 6.20 Å². The molecule has 3 heteroatoms. The summed E-state index contributed by atoms with van der Waals surface area (Å²) in [7, 11) is 0. The Morgan fingerprint density at radius 2 is 2.78 bits per heavy atom. The molecule has 0 aromatic carbocycles. The number of hydrogen-bond acceptors (Lipinski definition) is 2. The Morgan fingerprint density at radius 3 is 3.33 bits per heavy atom. The van der Waals surface area contributed by atoms with Crippen LogP contribution in [0.4, 0.5) is 0 Å². The number of β-lactam (4-membered cyclic amide) rings is 1. The molecule has 2 rings (SSSR count). The summed E-state index contributed by atoms with van der Waals surface area (Å²) in [5.74, 6) is 1.17. The van der Waals surface area contributed by atoms with Crippen molar-refractivity contribution in [2.24, 2.45) is 0 Å². The fraction of sp³-hybridized carbons (Fsp3) is 0.500. The van der Waals surface area contributed by atoms with Gasteiger partial charge in [-0.2, -0.15) is 0 Å².